The Balaban J connectivity index is 2.52. The SMILES string of the molecule is CCOc1c(-c2cnn(CC)c2)ccc(N)c1N. The summed E-state index contributed by atoms with van der Waals surface area (Å²) >= 11 is 0. The molecule has 0 fully saturated rings. The molecule has 1 aromatic heterocycles. The van der Waals surface area contributed by atoms with E-state index in [1.54, 1.807) is 12.3 Å². The number of anilines is 2. The second-order valence-electron chi connectivity index (χ2n) is 3.96. The molecular formula is C13H18N4O. The van der Waals surface area contributed by atoms with Crippen LogP contribution >= 0.6 is 0 Å². The van der Waals surface area contributed by atoms with Crippen molar-refractivity contribution in [3.05, 3.63) is 24.5 Å². The predicted octanol–water partition coefficient (Wildman–Crippen LogP) is 2.13. The summed E-state index contributed by atoms with van der Waals surface area (Å²) in [5, 5.41) is 4.25. The van der Waals surface area contributed by atoms with Gasteiger partial charge in [-0.15, -0.1) is 0 Å². The average molecular weight is 246 g/mol. The van der Waals surface area contributed by atoms with Crippen LogP contribution in [0.15, 0.2) is 24.5 Å². The van der Waals surface area contributed by atoms with Gasteiger partial charge in [-0.2, -0.15) is 5.10 Å². The molecule has 0 bridgehead atoms. The number of nitrogens with zero attached hydrogens (tertiary/aromatic N) is 2. The molecule has 0 aliphatic heterocycles. The highest BCUT2D eigenvalue weighted by molar-refractivity contribution is 5.83. The number of hydrogen-bond donors (Lipinski definition) is 2. The number of nitrogen functional groups attached to an aromatic ring is 2. The molecule has 0 aliphatic rings. The zero-order valence-corrected chi connectivity index (χ0v) is 10.7. The fourth-order valence-electron chi connectivity index (χ4n) is 1.82. The highest BCUT2D eigenvalue weighted by Gasteiger charge is 2.13. The largest absolute Gasteiger partial charge is 0.491 e. The molecule has 5 heteroatoms. The lowest BCUT2D eigenvalue weighted by Crippen LogP contribution is -2.02. The number of rotatable bonds is 4. The van der Waals surface area contributed by atoms with Gasteiger partial charge in [0.05, 0.1) is 24.2 Å². The summed E-state index contributed by atoms with van der Waals surface area (Å²) in [5.74, 6) is 0.633. The van der Waals surface area contributed by atoms with Gasteiger partial charge in [0.25, 0.3) is 0 Å². The van der Waals surface area contributed by atoms with Crippen molar-refractivity contribution in [2.45, 2.75) is 20.4 Å². The molecule has 2 rings (SSSR count). The zero-order valence-electron chi connectivity index (χ0n) is 10.7. The topological polar surface area (TPSA) is 79.1 Å². The molecule has 1 heterocycles. The normalized spacial score (nSPS) is 10.6. The number of ether oxygens (including phenoxy) is 1. The quantitative estimate of drug-likeness (QED) is 0.810. The van der Waals surface area contributed by atoms with Gasteiger partial charge in [-0.05, 0) is 26.0 Å². The Morgan fingerprint density at radius 1 is 1.28 bits per heavy atom. The summed E-state index contributed by atoms with van der Waals surface area (Å²) in [6, 6.07) is 3.70. The zero-order chi connectivity index (χ0) is 13.1. The van der Waals surface area contributed by atoms with Crippen molar-refractivity contribution in [2.75, 3.05) is 18.1 Å². The average Bonchev–Trinajstić information content (AvgIpc) is 2.84. The van der Waals surface area contributed by atoms with Crippen LogP contribution in [0.3, 0.4) is 0 Å². The number of benzene rings is 1. The summed E-state index contributed by atoms with van der Waals surface area (Å²) < 4.78 is 7.46. The van der Waals surface area contributed by atoms with Gasteiger partial charge in [0.1, 0.15) is 0 Å². The Morgan fingerprint density at radius 2 is 2.06 bits per heavy atom. The number of nitrogens with two attached hydrogens (primary N) is 2. The summed E-state index contributed by atoms with van der Waals surface area (Å²) in [7, 11) is 0. The third kappa shape index (κ3) is 2.11. The molecule has 4 N–H and O–H groups in total. The fourth-order valence-corrected chi connectivity index (χ4v) is 1.82. The molecule has 0 atom stereocenters. The Bertz CT molecular complexity index is 548. The van der Waals surface area contributed by atoms with Crippen molar-refractivity contribution < 1.29 is 4.74 Å². The lowest BCUT2D eigenvalue weighted by Gasteiger charge is -2.13. The van der Waals surface area contributed by atoms with Crippen LogP contribution < -0.4 is 16.2 Å². The van der Waals surface area contributed by atoms with Gasteiger partial charge in [-0.1, -0.05) is 0 Å². The first-order valence-corrected chi connectivity index (χ1v) is 6.01. The van der Waals surface area contributed by atoms with E-state index in [2.05, 4.69) is 5.10 Å². The van der Waals surface area contributed by atoms with Crippen LogP contribution in [0.25, 0.3) is 11.1 Å². The minimum Gasteiger partial charge on any atom is -0.491 e. The molecule has 18 heavy (non-hydrogen) atoms. The molecule has 0 saturated heterocycles. The van der Waals surface area contributed by atoms with Crippen LogP contribution in [-0.4, -0.2) is 16.4 Å². The summed E-state index contributed by atoms with van der Waals surface area (Å²) in [5.41, 5.74) is 14.7. The molecule has 0 aliphatic carbocycles. The maximum atomic E-state index is 5.97. The van der Waals surface area contributed by atoms with Crippen molar-refractivity contribution in [3.63, 3.8) is 0 Å². The molecule has 1 aromatic carbocycles. The first-order chi connectivity index (χ1) is 8.67. The molecule has 0 spiro atoms. The second kappa shape index (κ2) is 5.00. The van der Waals surface area contributed by atoms with Crippen LogP contribution in [0.1, 0.15) is 13.8 Å². The van der Waals surface area contributed by atoms with Crippen LogP contribution in [0, 0.1) is 0 Å². The van der Waals surface area contributed by atoms with E-state index < -0.39 is 0 Å². The highest BCUT2D eigenvalue weighted by atomic mass is 16.5. The van der Waals surface area contributed by atoms with E-state index >= 15 is 0 Å². The van der Waals surface area contributed by atoms with Gasteiger partial charge >= 0.3 is 0 Å². The molecule has 5 nitrogen and oxygen atoms in total. The maximum Gasteiger partial charge on any atom is 0.152 e. The van der Waals surface area contributed by atoms with Gasteiger partial charge in [-0.3, -0.25) is 4.68 Å². The molecule has 0 unspecified atom stereocenters. The first kappa shape index (κ1) is 12.3. The van der Waals surface area contributed by atoms with E-state index in [0.29, 0.717) is 23.7 Å². The summed E-state index contributed by atoms with van der Waals surface area (Å²) in [6.45, 7) is 5.33. The highest BCUT2D eigenvalue weighted by Crippen LogP contribution is 2.38. The van der Waals surface area contributed by atoms with E-state index in [9.17, 15) is 0 Å². The molecule has 0 saturated carbocycles. The molecule has 0 amide bonds. The van der Waals surface area contributed by atoms with Crippen LogP contribution in [0.5, 0.6) is 5.75 Å². The van der Waals surface area contributed by atoms with Gasteiger partial charge in [-0.25, -0.2) is 0 Å². The standard InChI is InChI=1S/C13H18N4O/c1-3-17-8-9(7-16-17)10-5-6-11(14)12(15)13(10)18-4-2/h5-8H,3-4,14-15H2,1-2H3. The van der Waals surface area contributed by atoms with Crippen molar-refractivity contribution in [2.24, 2.45) is 0 Å². The van der Waals surface area contributed by atoms with Gasteiger partial charge < -0.3 is 16.2 Å². The molecule has 2 aromatic rings. The lowest BCUT2D eigenvalue weighted by atomic mass is 10.1. The first-order valence-electron chi connectivity index (χ1n) is 6.01. The number of aromatic nitrogens is 2. The Labute approximate surface area is 106 Å². The van der Waals surface area contributed by atoms with Crippen LogP contribution in [0.4, 0.5) is 11.4 Å². The third-order valence-electron chi connectivity index (χ3n) is 2.79. The van der Waals surface area contributed by atoms with E-state index in [4.69, 9.17) is 16.2 Å². The third-order valence-corrected chi connectivity index (χ3v) is 2.79. The Hall–Kier alpha value is -2.17. The minimum absolute atomic E-state index is 0.485. The fraction of sp³-hybridized carbons (Fsp3) is 0.308. The van der Waals surface area contributed by atoms with Crippen molar-refractivity contribution in [1.29, 1.82) is 0 Å². The van der Waals surface area contributed by atoms with Gasteiger partial charge in [0.2, 0.25) is 0 Å². The number of aryl methyl sites for hydroxylation is 1. The number of hydrogen-bond acceptors (Lipinski definition) is 4. The lowest BCUT2D eigenvalue weighted by molar-refractivity contribution is 0.343. The van der Waals surface area contributed by atoms with Crippen molar-refractivity contribution in [3.8, 4) is 16.9 Å². The van der Waals surface area contributed by atoms with Crippen LogP contribution in [0.2, 0.25) is 0 Å². The molecule has 0 radical (unpaired) electrons. The maximum absolute atomic E-state index is 5.97. The van der Waals surface area contributed by atoms with Gasteiger partial charge in [0, 0.05) is 23.9 Å². The van der Waals surface area contributed by atoms with Gasteiger partial charge in [0.15, 0.2) is 5.75 Å². The van der Waals surface area contributed by atoms with Crippen molar-refractivity contribution in [1.82, 2.24) is 9.78 Å². The summed E-state index contributed by atoms with van der Waals surface area (Å²) in [4.78, 5) is 0. The van der Waals surface area contributed by atoms with Crippen LogP contribution in [-0.2, 0) is 6.54 Å². The van der Waals surface area contributed by atoms with E-state index in [-0.39, 0.29) is 0 Å². The second-order valence-corrected chi connectivity index (χ2v) is 3.96. The molecule has 96 valence electrons. The minimum atomic E-state index is 0.485. The van der Waals surface area contributed by atoms with E-state index in [0.717, 1.165) is 17.7 Å². The van der Waals surface area contributed by atoms with Crippen molar-refractivity contribution >= 4 is 11.4 Å². The Kier molecular flexibility index (Phi) is 3.41. The monoisotopic (exact) mass is 246 g/mol. The van der Waals surface area contributed by atoms with E-state index in [1.807, 2.05) is 30.8 Å². The predicted molar refractivity (Wildman–Crippen MR) is 73.3 cm³/mol. The van der Waals surface area contributed by atoms with E-state index in [1.165, 1.54) is 0 Å². The molecular weight excluding hydrogens is 228 g/mol. The Morgan fingerprint density at radius 3 is 2.67 bits per heavy atom. The summed E-state index contributed by atoms with van der Waals surface area (Å²) in [6.07, 6.45) is 3.77. The smallest absolute Gasteiger partial charge is 0.152 e.